The zero-order chi connectivity index (χ0) is 25.9. The van der Waals surface area contributed by atoms with Gasteiger partial charge in [-0.05, 0) is 31.0 Å². The van der Waals surface area contributed by atoms with Crippen molar-refractivity contribution in [1.29, 1.82) is 0 Å². The van der Waals surface area contributed by atoms with Crippen LogP contribution >= 0.6 is 11.6 Å². The number of carbonyl (C=O) groups is 2. The van der Waals surface area contributed by atoms with E-state index in [0.717, 1.165) is 13.1 Å². The Hall–Kier alpha value is -3.13. The number of benzene rings is 2. The van der Waals surface area contributed by atoms with E-state index in [2.05, 4.69) is 22.3 Å². The number of halogens is 1. The molecule has 1 saturated heterocycles. The molecule has 2 aliphatic heterocycles. The van der Waals surface area contributed by atoms with Gasteiger partial charge in [0, 0.05) is 36.8 Å². The van der Waals surface area contributed by atoms with Crippen molar-refractivity contribution in [3.63, 3.8) is 0 Å². The summed E-state index contributed by atoms with van der Waals surface area (Å²) in [5.74, 6) is -2.05. The molecule has 0 bridgehead atoms. The van der Waals surface area contributed by atoms with Crippen molar-refractivity contribution in [3.05, 3.63) is 93.3 Å². The summed E-state index contributed by atoms with van der Waals surface area (Å²) < 4.78 is 11.2. The third kappa shape index (κ3) is 5.33. The van der Waals surface area contributed by atoms with Crippen molar-refractivity contribution in [2.75, 3.05) is 26.8 Å². The van der Waals surface area contributed by atoms with Crippen molar-refractivity contribution >= 4 is 23.5 Å². The van der Waals surface area contributed by atoms with E-state index in [-0.39, 0.29) is 16.8 Å². The summed E-state index contributed by atoms with van der Waals surface area (Å²) >= 11 is 6.53. The Morgan fingerprint density at radius 1 is 1.11 bits per heavy atom. The van der Waals surface area contributed by atoms with Crippen LogP contribution in [0.2, 0.25) is 5.02 Å². The molecule has 7 nitrogen and oxygen atoms in total. The van der Waals surface area contributed by atoms with Gasteiger partial charge in [0.15, 0.2) is 0 Å². The number of rotatable bonds is 7. The molecule has 2 N–H and O–H groups in total. The minimum Gasteiger partial charge on any atom is -0.466 e. The van der Waals surface area contributed by atoms with E-state index in [9.17, 15) is 14.7 Å². The van der Waals surface area contributed by atoms with Crippen LogP contribution in [-0.2, 0) is 25.6 Å². The molecular weight excluding hydrogens is 480 g/mol. The van der Waals surface area contributed by atoms with Gasteiger partial charge < -0.3 is 19.9 Å². The maximum Gasteiger partial charge on any atom is 0.337 e. The van der Waals surface area contributed by atoms with Crippen LogP contribution in [0.15, 0.2) is 77.1 Å². The molecule has 8 heteroatoms. The molecule has 0 aromatic heterocycles. The van der Waals surface area contributed by atoms with Gasteiger partial charge >= 0.3 is 11.9 Å². The smallest absolute Gasteiger partial charge is 0.337 e. The second kappa shape index (κ2) is 10.9. The van der Waals surface area contributed by atoms with Crippen molar-refractivity contribution in [2.24, 2.45) is 0 Å². The zero-order valence-electron chi connectivity index (χ0n) is 20.7. The van der Waals surface area contributed by atoms with Crippen LogP contribution in [0.1, 0.15) is 37.3 Å². The minimum absolute atomic E-state index is 0.152. The van der Waals surface area contributed by atoms with E-state index in [1.54, 1.807) is 31.2 Å². The molecule has 0 aliphatic carbocycles. The molecule has 0 saturated carbocycles. The molecule has 0 unspecified atom stereocenters. The first-order chi connectivity index (χ1) is 17.3. The van der Waals surface area contributed by atoms with Crippen LogP contribution in [0.4, 0.5) is 0 Å². The van der Waals surface area contributed by atoms with Crippen LogP contribution in [0.5, 0.6) is 0 Å². The van der Waals surface area contributed by atoms with E-state index in [0.29, 0.717) is 29.2 Å². The Kier molecular flexibility index (Phi) is 7.83. The van der Waals surface area contributed by atoms with Crippen molar-refractivity contribution in [2.45, 2.75) is 38.3 Å². The van der Waals surface area contributed by atoms with Crippen LogP contribution < -0.4 is 5.32 Å². The van der Waals surface area contributed by atoms with E-state index in [1.807, 2.05) is 25.1 Å². The summed E-state index contributed by atoms with van der Waals surface area (Å²) in [6, 6.07) is 17.2. The highest BCUT2D eigenvalue weighted by Crippen LogP contribution is 2.42. The van der Waals surface area contributed by atoms with Gasteiger partial charge in [-0.15, -0.1) is 0 Å². The van der Waals surface area contributed by atoms with Crippen LogP contribution in [0.3, 0.4) is 0 Å². The standard InChI is InChI=1S/C28H31ClN2O5/c1-18-23(26(33)35-3)24(20-11-7-8-12-21(20)29)25(22(16-32)30-18)27(34)36-28(2)13-14-31(17-28)15-19-9-5-4-6-10-19/h4-12,24,30,32H,13-17H2,1-3H3/t24-,28+/m0/s1. The predicted octanol–water partition coefficient (Wildman–Crippen LogP) is 3.93. The van der Waals surface area contributed by atoms with E-state index < -0.39 is 30.1 Å². The molecule has 2 aliphatic rings. The molecule has 0 amide bonds. The summed E-state index contributed by atoms with van der Waals surface area (Å²) in [7, 11) is 1.29. The molecule has 36 heavy (non-hydrogen) atoms. The first kappa shape index (κ1) is 25.9. The Morgan fingerprint density at radius 3 is 2.47 bits per heavy atom. The van der Waals surface area contributed by atoms with Crippen molar-refractivity contribution in [1.82, 2.24) is 10.2 Å². The van der Waals surface area contributed by atoms with E-state index >= 15 is 0 Å². The number of esters is 2. The number of carbonyl (C=O) groups excluding carboxylic acids is 2. The van der Waals surface area contributed by atoms with Gasteiger partial charge in [-0.3, -0.25) is 4.90 Å². The van der Waals surface area contributed by atoms with Gasteiger partial charge in [-0.1, -0.05) is 60.1 Å². The van der Waals surface area contributed by atoms with E-state index in [4.69, 9.17) is 21.1 Å². The highest BCUT2D eigenvalue weighted by Gasteiger charge is 2.43. The monoisotopic (exact) mass is 510 g/mol. The number of dihydropyridines is 1. The fraction of sp³-hybridized carbons (Fsp3) is 0.357. The summed E-state index contributed by atoms with van der Waals surface area (Å²) in [6.07, 6.45) is 0.663. The summed E-state index contributed by atoms with van der Waals surface area (Å²) in [5.41, 5.74) is 2.17. The van der Waals surface area contributed by atoms with Crippen LogP contribution in [0.25, 0.3) is 0 Å². The highest BCUT2D eigenvalue weighted by molar-refractivity contribution is 6.31. The van der Waals surface area contributed by atoms with Crippen LogP contribution in [-0.4, -0.2) is 54.4 Å². The molecule has 2 heterocycles. The zero-order valence-corrected chi connectivity index (χ0v) is 21.5. The largest absolute Gasteiger partial charge is 0.466 e. The van der Waals surface area contributed by atoms with Crippen LogP contribution in [0, 0.1) is 0 Å². The lowest BCUT2D eigenvalue weighted by atomic mass is 9.80. The fourth-order valence-electron chi connectivity index (χ4n) is 5.03. The number of aliphatic hydroxyl groups excluding tert-OH is 1. The van der Waals surface area contributed by atoms with Gasteiger partial charge in [0.2, 0.25) is 0 Å². The summed E-state index contributed by atoms with van der Waals surface area (Å²) in [4.78, 5) is 28.9. The third-order valence-corrected chi connectivity index (χ3v) is 7.09. The first-order valence-corrected chi connectivity index (χ1v) is 12.3. The summed E-state index contributed by atoms with van der Waals surface area (Å²) in [6.45, 7) is 5.29. The maximum atomic E-state index is 13.8. The average Bonchev–Trinajstić information content (AvgIpc) is 3.23. The van der Waals surface area contributed by atoms with Crippen molar-refractivity contribution in [3.8, 4) is 0 Å². The lowest BCUT2D eigenvalue weighted by molar-refractivity contribution is -0.152. The minimum atomic E-state index is -0.854. The van der Waals surface area contributed by atoms with Gasteiger partial charge in [0.05, 0.1) is 36.5 Å². The Labute approximate surface area is 216 Å². The molecule has 2 atom stereocenters. The number of likely N-dealkylation sites (tertiary alicyclic amines) is 1. The molecule has 190 valence electrons. The second-order valence-electron chi connectivity index (χ2n) is 9.45. The number of nitrogens with zero attached hydrogens (tertiary/aromatic N) is 1. The topological polar surface area (TPSA) is 88.1 Å². The quantitative estimate of drug-likeness (QED) is 0.546. The molecule has 1 fully saturated rings. The molecule has 2 aromatic carbocycles. The number of hydrogen-bond acceptors (Lipinski definition) is 7. The first-order valence-electron chi connectivity index (χ1n) is 11.9. The lowest BCUT2D eigenvalue weighted by Gasteiger charge is -2.33. The molecule has 0 radical (unpaired) electrons. The van der Waals surface area contributed by atoms with Gasteiger partial charge in [0.25, 0.3) is 0 Å². The number of methoxy groups -OCH3 is 1. The van der Waals surface area contributed by atoms with Gasteiger partial charge in [0.1, 0.15) is 5.60 Å². The number of ether oxygens (including phenoxy) is 2. The molecule has 0 spiro atoms. The average molecular weight is 511 g/mol. The number of allylic oxidation sites excluding steroid dienone is 1. The normalized spacial score (nSPS) is 22.4. The Bertz CT molecular complexity index is 1210. The number of nitrogens with one attached hydrogen (secondary N) is 1. The predicted molar refractivity (Wildman–Crippen MR) is 137 cm³/mol. The Morgan fingerprint density at radius 2 is 1.81 bits per heavy atom. The van der Waals surface area contributed by atoms with E-state index in [1.165, 1.54) is 12.7 Å². The highest BCUT2D eigenvalue weighted by atomic mass is 35.5. The molecule has 2 aromatic rings. The number of hydrogen-bond donors (Lipinski definition) is 2. The second-order valence-corrected chi connectivity index (χ2v) is 9.85. The number of aliphatic hydroxyl groups is 1. The molecule has 4 rings (SSSR count). The van der Waals surface area contributed by atoms with Crippen molar-refractivity contribution < 1.29 is 24.2 Å². The lowest BCUT2D eigenvalue weighted by Crippen LogP contribution is -2.39. The SMILES string of the molecule is COC(=O)C1=C(C)NC(CO)=C(C(=O)O[C@]2(C)CCN(Cc3ccccc3)C2)[C@H]1c1ccccc1Cl. The maximum absolute atomic E-state index is 13.8. The van der Waals surface area contributed by atoms with Gasteiger partial charge in [-0.25, -0.2) is 9.59 Å². The summed E-state index contributed by atoms with van der Waals surface area (Å²) in [5, 5.41) is 13.6. The van der Waals surface area contributed by atoms with Gasteiger partial charge in [-0.2, -0.15) is 0 Å². The Balaban J connectivity index is 1.65. The molecular formula is C28H31ClN2O5. The third-order valence-electron chi connectivity index (χ3n) is 6.75. The fourth-order valence-corrected chi connectivity index (χ4v) is 5.27.